The summed E-state index contributed by atoms with van der Waals surface area (Å²) < 4.78 is 5.36. The first-order valence-corrected chi connectivity index (χ1v) is 6.31. The first kappa shape index (κ1) is 13.0. The predicted molar refractivity (Wildman–Crippen MR) is 72.2 cm³/mol. The van der Waals surface area contributed by atoms with Crippen LogP contribution < -0.4 is 15.0 Å². The van der Waals surface area contributed by atoms with Crippen molar-refractivity contribution >= 4 is 17.3 Å². The SMILES string of the molecule is COc1ccc(Cl)cc1N1CCNC(CC#N)C1. The van der Waals surface area contributed by atoms with E-state index in [1.165, 1.54) is 0 Å². The fourth-order valence-corrected chi connectivity index (χ4v) is 2.37. The Morgan fingerprint density at radius 3 is 3.17 bits per heavy atom. The van der Waals surface area contributed by atoms with Gasteiger partial charge in [0.1, 0.15) is 5.75 Å². The van der Waals surface area contributed by atoms with Crippen molar-refractivity contribution in [3.8, 4) is 11.8 Å². The summed E-state index contributed by atoms with van der Waals surface area (Å²) in [5.41, 5.74) is 0.995. The van der Waals surface area contributed by atoms with Crippen LogP contribution in [0.3, 0.4) is 0 Å². The highest BCUT2D eigenvalue weighted by Gasteiger charge is 2.21. The molecule has 1 N–H and O–H groups in total. The molecule has 0 aromatic heterocycles. The molecule has 0 spiro atoms. The van der Waals surface area contributed by atoms with Gasteiger partial charge in [-0.3, -0.25) is 0 Å². The third kappa shape index (κ3) is 2.87. The predicted octanol–water partition coefficient (Wildman–Crippen LogP) is 2.04. The zero-order valence-electron chi connectivity index (χ0n) is 10.3. The second-order valence-corrected chi connectivity index (χ2v) is 4.71. The summed E-state index contributed by atoms with van der Waals surface area (Å²) in [7, 11) is 1.65. The van der Waals surface area contributed by atoms with Gasteiger partial charge in [0.15, 0.2) is 0 Å². The molecule has 0 saturated carbocycles. The molecule has 1 fully saturated rings. The second-order valence-electron chi connectivity index (χ2n) is 4.28. The second kappa shape index (κ2) is 5.94. The topological polar surface area (TPSA) is 48.3 Å². The third-order valence-corrected chi connectivity index (χ3v) is 3.31. The van der Waals surface area contributed by atoms with Crippen molar-refractivity contribution in [2.75, 3.05) is 31.6 Å². The zero-order valence-corrected chi connectivity index (χ0v) is 11.1. The molecule has 0 amide bonds. The zero-order chi connectivity index (χ0) is 13.0. The molecular formula is C13H16ClN3O. The molecule has 1 atom stereocenters. The van der Waals surface area contributed by atoms with Crippen LogP contribution >= 0.6 is 11.6 Å². The fourth-order valence-electron chi connectivity index (χ4n) is 2.20. The van der Waals surface area contributed by atoms with Gasteiger partial charge < -0.3 is 15.0 Å². The number of ether oxygens (including phenoxy) is 1. The minimum atomic E-state index is 0.201. The van der Waals surface area contributed by atoms with Gasteiger partial charge in [-0.1, -0.05) is 11.6 Å². The van der Waals surface area contributed by atoms with Crippen LogP contribution in [0, 0.1) is 11.3 Å². The highest BCUT2D eigenvalue weighted by atomic mass is 35.5. The van der Waals surface area contributed by atoms with Crippen LogP contribution in [0.2, 0.25) is 5.02 Å². The lowest BCUT2D eigenvalue weighted by atomic mass is 10.1. The van der Waals surface area contributed by atoms with E-state index in [1.807, 2.05) is 18.2 Å². The first-order valence-electron chi connectivity index (χ1n) is 5.93. The Morgan fingerprint density at radius 2 is 2.44 bits per heavy atom. The van der Waals surface area contributed by atoms with E-state index in [-0.39, 0.29) is 6.04 Å². The number of nitrogens with one attached hydrogen (secondary N) is 1. The summed E-state index contributed by atoms with van der Waals surface area (Å²) in [6.45, 7) is 2.55. The molecule has 5 heteroatoms. The monoisotopic (exact) mass is 265 g/mol. The van der Waals surface area contributed by atoms with Gasteiger partial charge in [0.25, 0.3) is 0 Å². The number of anilines is 1. The van der Waals surface area contributed by atoms with Crippen LogP contribution in [0.4, 0.5) is 5.69 Å². The number of methoxy groups -OCH3 is 1. The largest absolute Gasteiger partial charge is 0.495 e. The molecule has 0 radical (unpaired) electrons. The summed E-state index contributed by atoms with van der Waals surface area (Å²) in [4.78, 5) is 2.21. The Balaban J connectivity index is 2.20. The summed E-state index contributed by atoms with van der Waals surface area (Å²) in [6, 6.07) is 8.01. The maximum absolute atomic E-state index is 8.77. The average Bonchev–Trinajstić information content (AvgIpc) is 2.39. The fraction of sp³-hybridized carbons (Fsp3) is 0.462. The molecule has 1 aliphatic rings. The Bertz CT molecular complexity index is 458. The number of hydrogen-bond donors (Lipinski definition) is 1. The number of halogens is 1. The Hall–Kier alpha value is -1.44. The van der Waals surface area contributed by atoms with Gasteiger partial charge in [-0.05, 0) is 18.2 Å². The van der Waals surface area contributed by atoms with Crippen LogP contribution in [-0.4, -0.2) is 32.8 Å². The summed E-state index contributed by atoms with van der Waals surface area (Å²) in [5, 5.41) is 12.8. The molecule has 1 aliphatic heterocycles. The molecule has 1 heterocycles. The normalized spacial score (nSPS) is 19.4. The highest BCUT2D eigenvalue weighted by molar-refractivity contribution is 6.30. The standard InChI is InChI=1S/C13H16ClN3O/c1-18-13-3-2-10(14)8-12(13)17-7-6-16-11(9-17)4-5-15/h2-3,8,11,16H,4,6-7,9H2,1H3. The van der Waals surface area contributed by atoms with Gasteiger partial charge >= 0.3 is 0 Å². The summed E-state index contributed by atoms with van der Waals surface area (Å²) >= 11 is 6.04. The quantitative estimate of drug-likeness (QED) is 0.909. The van der Waals surface area contributed by atoms with Crippen LogP contribution in [0.1, 0.15) is 6.42 Å². The molecule has 1 saturated heterocycles. The highest BCUT2D eigenvalue weighted by Crippen LogP contribution is 2.31. The van der Waals surface area contributed by atoms with Crippen molar-refractivity contribution < 1.29 is 4.74 Å². The van der Waals surface area contributed by atoms with Gasteiger partial charge in [-0.25, -0.2) is 0 Å². The molecular weight excluding hydrogens is 250 g/mol. The van der Waals surface area contributed by atoms with Crippen molar-refractivity contribution in [3.63, 3.8) is 0 Å². The molecule has 2 rings (SSSR count). The van der Waals surface area contributed by atoms with E-state index in [0.29, 0.717) is 11.4 Å². The maximum atomic E-state index is 8.77. The molecule has 1 aromatic rings. The third-order valence-electron chi connectivity index (χ3n) is 3.07. The van der Waals surface area contributed by atoms with E-state index in [4.69, 9.17) is 21.6 Å². The molecule has 18 heavy (non-hydrogen) atoms. The Morgan fingerprint density at radius 1 is 1.61 bits per heavy atom. The Labute approximate surface area is 112 Å². The number of piperazine rings is 1. The number of rotatable bonds is 3. The van der Waals surface area contributed by atoms with Gasteiger partial charge in [0, 0.05) is 30.7 Å². The number of nitriles is 1. The van der Waals surface area contributed by atoms with E-state index in [0.717, 1.165) is 31.1 Å². The average molecular weight is 266 g/mol. The summed E-state index contributed by atoms with van der Waals surface area (Å²) in [5.74, 6) is 0.817. The number of benzene rings is 1. The lowest BCUT2D eigenvalue weighted by Crippen LogP contribution is -2.50. The smallest absolute Gasteiger partial charge is 0.142 e. The lowest BCUT2D eigenvalue weighted by Gasteiger charge is -2.35. The molecule has 4 nitrogen and oxygen atoms in total. The molecule has 1 aromatic carbocycles. The molecule has 0 aliphatic carbocycles. The molecule has 1 unspecified atom stereocenters. The molecule has 0 bridgehead atoms. The van der Waals surface area contributed by atoms with Crippen LogP contribution in [-0.2, 0) is 0 Å². The lowest BCUT2D eigenvalue weighted by molar-refractivity contribution is 0.408. The van der Waals surface area contributed by atoms with E-state index < -0.39 is 0 Å². The maximum Gasteiger partial charge on any atom is 0.142 e. The number of nitrogens with zero attached hydrogens (tertiary/aromatic N) is 2. The van der Waals surface area contributed by atoms with Crippen LogP contribution in [0.15, 0.2) is 18.2 Å². The van der Waals surface area contributed by atoms with E-state index >= 15 is 0 Å². The minimum absolute atomic E-state index is 0.201. The van der Waals surface area contributed by atoms with Gasteiger partial charge in [-0.15, -0.1) is 0 Å². The van der Waals surface area contributed by atoms with Crippen molar-refractivity contribution in [1.29, 1.82) is 5.26 Å². The Kier molecular flexibility index (Phi) is 4.29. The van der Waals surface area contributed by atoms with Crippen molar-refractivity contribution in [2.24, 2.45) is 0 Å². The molecule has 96 valence electrons. The van der Waals surface area contributed by atoms with E-state index in [2.05, 4.69) is 16.3 Å². The van der Waals surface area contributed by atoms with Gasteiger partial charge in [-0.2, -0.15) is 5.26 Å². The van der Waals surface area contributed by atoms with Crippen molar-refractivity contribution in [1.82, 2.24) is 5.32 Å². The van der Waals surface area contributed by atoms with E-state index in [1.54, 1.807) is 7.11 Å². The van der Waals surface area contributed by atoms with Crippen molar-refractivity contribution in [3.05, 3.63) is 23.2 Å². The van der Waals surface area contributed by atoms with Gasteiger partial charge in [0.05, 0.1) is 25.3 Å². The minimum Gasteiger partial charge on any atom is -0.495 e. The first-order chi connectivity index (χ1) is 8.74. The number of hydrogen-bond acceptors (Lipinski definition) is 4. The van der Waals surface area contributed by atoms with Gasteiger partial charge in [0.2, 0.25) is 0 Å². The van der Waals surface area contributed by atoms with Crippen LogP contribution in [0.25, 0.3) is 0 Å². The van der Waals surface area contributed by atoms with Crippen LogP contribution in [0.5, 0.6) is 5.75 Å². The van der Waals surface area contributed by atoms with Crippen molar-refractivity contribution in [2.45, 2.75) is 12.5 Å². The van der Waals surface area contributed by atoms with E-state index in [9.17, 15) is 0 Å². The summed E-state index contributed by atoms with van der Waals surface area (Å²) in [6.07, 6.45) is 0.513.